The zero-order valence-electron chi connectivity index (χ0n) is 17.6. The van der Waals surface area contributed by atoms with Crippen LogP contribution in [0.2, 0.25) is 0 Å². The molecule has 32 heavy (non-hydrogen) atoms. The van der Waals surface area contributed by atoms with Gasteiger partial charge in [0.15, 0.2) is 6.10 Å². The second kappa shape index (κ2) is 8.07. The van der Waals surface area contributed by atoms with Crippen LogP contribution in [0.25, 0.3) is 0 Å². The predicted molar refractivity (Wildman–Crippen MR) is 124 cm³/mol. The summed E-state index contributed by atoms with van der Waals surface area (Å²) in [6.45, 7) is 1.93. The number of hydrogen-bond donors (Lipinski definition) is 0. The molecule has 0 radical (unpaired) electrons. The molecule has 0 unspecified atom stereocenters. The van der Waals surface area contributed by atoms with E-state index in [4.69, 9.17) is 9.57 Å². The van der Waals surface area contributed by atoms with Gasteiger partial charge in [0.05, 0.1) is 29.0 Å². The molecule has 0 spiro atoms. The van der Waals surface area contributed by atoms with E-state index in [9.17, 15) is 9.59 Å². The van der Waals surface area contributed by atoms with Crippen LogP contribution in [0.15, 0.2) is 77.3 Å². The Morgan fingerprint density at radius 1 is 0.906 bits per heavy atom. The van der Waals surface area contributed by atoms with Crippen LogP contribution in [0, 0.1) is 12.8 Å². The van der Waals surface area contributed by atoms with Gasteiger partial charge in [-0.3, -0.25) is 14.4 Å². The molecule has 2 amide bonds. The maximum atomic E-state index is 13.6. The average molecular weight is 493 g/mol. The molecule has 5 rings (SSSR count). The lowest BCUT2D eigenvalue weighted by atomic mass is 9.90. The lowest BCUT2D eigenvalue weighted by Crippen LogP contribution is -2.37. The molecule has 2 saturated heterocycles. The maximum Gasteiger partial charge on any atom is 0.266 e. The summed E-state index contributed by atoms with van der Waals surface area (Å²) in [4.78, 5) is 34.4. The Hall–Kier alpha value is -3.16. The minimum Gasteiger partial charge on any atom is -0.496 e. The van der Waals surface area contributed by atoms with Gasteiger partial charge in [-0.1, -0.05) is 36.4 Å². The smallest absolute Gasteiger partial charge is 0.266 e. The van der Waals surface area contributed by atoms with Crippen molar-refractivity contribution in [1.29, 1.82) is 0 Å². The van der Waals surface area contributed by atoms with Crippen molar-refractivity contribution in [3.05, 3.63) is 88.4 Å². The summed E-state index contributed by atoms with van der Waals surface area (Å²) in [5.74, 6) is -0.600. The van der Waals surface area contributed by atoms with Crippen molar-refractivity contribution in [3.63, 3.8) is 0 Å². The summed E-state index contributed by atoms with van der Waals surface area (Å²) in [7, 11) is 1.60. The molecule has 0 saturated carbocycles. The minimum absolute atomic E-state index is 0.263. The highest BCUT2D eigenvalue weighted by Crippen LogP contribution is 2.48. The van der Waals surface area contributed by atoms with E-state index in [1.807, 2.05) is 73.7 Å². The molecule has 0 aromatic heterocycles. The summed E-state index contributed by atoms with van der Waals surface area (Å²) in [5.41, 5.74) is 3.17. The second-order valence-electron chi connectivity index (χ2n) is 7.90. The summed E-state index contributed by atoms with van der Waals surface area (Å²) >= 11 is 3.54. The fourth-order valence-corrected chi connectivity index (χ4v) is 5.00. The first-order valence-electron chi connectivity index (χ1n) is 10.3. The minimum atomic E-state index is -0.894. The summed E-state index contributed by atoms with van der Waals surface area (Å²) in [6, 6.07) is 22.1. The molecule has 7 heteroatoms. The molecule has 0 N–H and O–H groups in total. The number of halogens is 1. The van der Waals surface area contributed by atoms with Crippen LogP contribution in [0.5, 0.6) is 5.75 Å². The van der Waals surface area contributed by atoms with Gasteiger partial charge in [0.2, 0.25) is 5.91 Å². The zero-order chi connectivity index (χ0) is 22.4. The van der Waals surface area contributed by atoms with Crippen LogP contribution < -0.4 is 14.7 Å². The highest BCUT2D eigenvalue weighted by molar-refractivity contribution is 9.10. The number of methoxy groups -OCH3 is 1. The van der Waals surface area contributed by atoms with Crippen molar-refractivity contribution in [2.45, 2.75) is 19.1 Å². The molecule has 2 heterocycles. The van der Waals surface area contributed by atoms with Crippen LogP contribution in [0.3, 0.4) is 0 Å². The lowest BCUT2D eigenvalue weighted by Gasteiger charge is -2.29. The Labute approximate surface area is 194 Å². The zero-order valence-corrected chi connectivity index (χ0v) is 19.2. The van der Waals surface area contributed by atoms with Gasteiger partial charge >= 0.3 is 0 Å². The highest BCUT2D eigenvalue weighted by Gasteiger charge is 2.60. The average Bonchev–Trinajstić information content (AvgIpc) is 3.30. The Balaban J connectivity index is 1.60. The van der Waals surface area contributed by atoms with E-state index >= 15 is 0 Å². The number of para-hydroxylation sites is 1. The Kier molecular flexibility index (Phi) is 5.23. The summed E-state index contributed by atoms with van der Waals surface area (Å²) in [5, 5.41) is 1.69. The first kappa shape index (κ1) is 20.7. The van der Waals surface area contributed by atoms with Gasteiger partial charge in [-0.05, 0) is 70.4 Å². The fourth-order valence-electron chi connectivity index (χ4n) is 4.44. The third kappa shape index (κ3) is 3.29. The predicted octanol–water partition coefficient (Wildman–Crippen LogP) is 4.82. The van der Waals surface area contributed by atoms with Gasteiger partial charge in [0.1, 0.15) is 11.7 Å². The number of imide groups is 1. The number of ether oxygens (including phenoxy) is 1. The van der Waals surface area contributed by atoms with Crippen molar-refractivity contribution in [2.24, 2.45) is 5.92 Å². The maximum absolute atomic E-state index is 13.6. The quantitative estimate of drug-likeness (QED) is 0.488. The van der Waals surface area contributed by atoms with Crippen LogP contribution in [0.1, 0.15) is 17.2 Å². The molecule has 2 aliphatic heterocycles. The van der Waals surface area contributed by atoms with Crippen LogP contribution in [-0.4, -0.2) is 25.0 Å². The van der Waals surface area contributed by atoms with Gasteiger partial charge in [0.25, 0.3) is 5.91 Å². The number of nitrogens with zero attached hydrogens (tertiary/aromatic N) is 2. The van der Waals surface area contributed by atoms with E-state index in [2.05, 4.69) is 15.9 Å². The number of aryl methyl sites for hydroxylation is 1. The van der Waals surface area contributed by atoms with Crippen LogP contribution in [0.4, 0.5) is 11.4 Å². The third-order valence-electron chi connectivity index (χ3n) is 5.90. The van der Waals surface area contributed by atoms with Crippen molar-refractivity contribution in [1.82, 2.24) is 0 Å². The Morgan fingerprint density at radius 3 is 2.34 bits per heavy atom. The van der Waals surface area contributed by atoms with Gasteiger partial charge < -0.3 is 4.74 Å². The summed E-state index contributed by atoms with van der Waals surface area (Å²) in [6.07, 6.45) is -0.894. The number of carbonyl (C=O) groups is 2. The van der Waals surface area contributed by atoms with Crippen LogP contribution >= 0.6 is 15.9 Å². The molecular weight excluding hydrogens is 472 g/mol. The van der Waals surface area contributed by atoms with Crippen molar-refractivity contribution >= 4 is 39.1 Å². The normalized spacial score (nSPS) is 22.4. The molecule has 0 bridgehead atoms. The second-order valence-corrected chi connectivity index (χ2v) is 8.76. The monoisotopic (exact) mass is 492 g/mol. The van der Waals surface area contributed by atoms with Crippen molar-refractivity contribution in [3.8, 4) is 5.75 Å². The fraction of sp³-hybridized carbons (Fsp3) is 0.200. The van der Waals surface area contributed by atoms with Gasteiger partial charge in [-0.25, -0.2) is 9.96 Å². The molecule has 3 aromatic carbocycles. The third-order valence-corrected chi connectivity index (χ3v) is 6.52. The number of amides is 2. The van der Waals surface area contributed by atoms with E-state index in [0.29, 0.717) is 11.4 Å². The highest BCUT2D eigenvalue weighted by atomic mass is 79.9. The number of benzene rings is 3. The largest absolute Gasteiger partial charge is 0.496 e. The van der Waals surface area contributed by atoms with Gasteiger partial charge in [-0.15, -0.1) is 0 Å². The van der Waals surface area contributed by atoms with E-state index in [1.54, 1.807) is 18.2 Å². The molecule has 0 aliphatic carbocycles. The molecule has 162 valence electrons. The van der Waals surface area contributed by atoms with Crippen molar-refractivity contribution in [2.75, 3.05) is 17.1 Å². The lowest BCUT2D eigenvalue weighted by molar-refractivity contribution is -0.126. The van der Waals surface area contributed by atoms with E-state index in [1.165, 1.54) is 4.90 Å². The number of hydrogen-bond acceptors (Lipinski definition) is 5. The van der Waals surface area contributed by atoms with Gasteiger partial charge in [0, 0.05) is 0 Å². The number of fused-ring (bicyclic) bond motifs is 1. The number of rotatable bonds is 4. The molecule has 3 atom stereocenters. The number of carbonyl (C=O) groups excluding carboxylic acids is 2. The summed E-state index contributed by atoms with van der Waals surface area (Å²) < 4.78 is 6.13. The van der Waals surface area contributed by atoms with E-state index in [0.717, 1.165) is 21.3 Å². The van der Waals surface area contributed by atoms with Crippen LogP contribution in [-0.2, 0) is 14.4 Å². The first-order valence-corrected chi connectivity index (χ1v) is 11.1. The molecule has 3 aromatic rings. The van der Waals surface area contributed by atoms with E-state index in [-0.39, 0.29) is 11.8 Å². The van der Waals surface area contributed by atoms with Crippen molar-refractivity contribution < 1.29 is 19.2 Å². The topological polar surface area (TPSA) is 59.1 Å². The molecule has 2 fully saturated rings. The first-order chi connectivity index (χ1) is 15.5. The molecule has 2 aliphatic rings. The van der Waals surface area contributed by atoms with Gasteiger partial charge in [-0.2, -0.15) is 0 Å². The number of hydroxylamine groups is 1. The number of anilines is 2. The molecular formula is C25H21BrN2O4. The molecule has 6 nitrogen and oxygen atoms in total. The Bertz CT molecular complexity index is 1200. The SMILES string of the molecule is COc1ccc([C@H]2[C@H]3C(=O)N(c4cccc(C)c4)C(=O)[C@@H]3ON2c2ccccc2)cc1Br. The van der Waals surface area contributed by atoms with E-state index < -0.39 is 18.1 Å². The Morgan fingerprint density at radius 2 is 1.66 bits per heavy atom. The standard InChI is InChI=1S/C25H21BrN2O4/c1-15-7-6-10-18(13-15)27-24(29)21-22(16-11-12-20(31-2)19(26)14-16)28(32-23(21)25(27)30)17-8-4-3-5-9-17/h3-14,21-23H,1-2H3/t21-,22+,23-/m1/s1.